The number of urea groups is 1. The molecule has 0 aromatic heterocycles. The van der Waals surface area contributed by atoms with Crippen molar-refractivity contribution >= 4 is 29.2 Å². The highest BCUT2D eigenvalue weighted by Gasteiger charge is 2.19. The van der Waals surface area contributed by atoms with Crippen LogP contribution in [0.2, 0.25) is 5.02 Å². The number of hydrogen-bond acceptors (Lipinski definition) is 3. The molecular formula is C21H33ClN4O2. The lowest BCUT2D eigenvalue weighted by atomic mass is 9.97. The van der Waals surface area contributed by atoms with Crippen LogP contribution in [-0.4, -0.2) is 49.6 Å². The Morgan fingerprint density at radius 2 is 1.93 bits per heavy atom. The zero-order valence-corrected chi connectivity index (χ0v) is 17.9. The molecule has 1 aliphatic heterocycles. The van der Waals surface area contributed by atoms with Crippen LogP contribution in [0, 0.1) is 11.8 Å². The molecule has 2 rings (SSSR count). The zero-order chi connectivity index (χ0) is 20.5. The van der Waals surface area contributed by atoms with Crippen LogP contribution in [0.15, 0.2) is 18.2 Å². The number of amides is 3. The first-order valence-corrected chi connectivity index (χ1v) is 10.6. The molecule has 0 spiro atoms. The highest BCUT2D eigenvalue weighted by atomic mass is 35.5. The van der Waals surface area contributed by atoms with E-state index in [1.165, 1.54) is 6.42 Å². The largest absolute Gasteiger partial charge is 0.352 e. The van der Waals surface area contributed by atoms with Gasteiger partial charge in [-0.15, -0.1) is 0 Å². The predicted octanol–water partition coefficient (Wildman–Crippen LogP) is 3.97. The molecule has 3 amide bonds. The maximum Gasteiger partial charge on any atom is 0.319 e. The number of likely N-dealkylation sites (tertiary alicyclic amines) is 1. The van der Waals surface area contributed by atoms with Crippen molar-refractivity contribution in [1.29, 1.82) is 0 Å². The molecule has 3 N–H and O–H groups in total. The Balaban J connectivity index is 1.78. The van der Waals surface area contributed by atoms with Gasteiger partial charge < -0.3 is 20.9 Å². The molecule has 0 unspecified atom stereocenters. The molecule has 0 atom stereocenters. The monoisotopic (exact) mass is 408 g/mol. The molecule has 7 heteroatoms. The van der Waals surface area contributed by atoms with E-state index in [4.69, 9.17) is 11.6 Å². The topological polar surface area (TPSA) is 73.5 Å². The summed E-state index contributed by atoms with van der Waals surface area (Å²) in [7, 11) is 0. The summed E-state index contributed by atoms with van der Waals surface area (Å²) in [4.78, 5) is 26.8. The van der Waals surface area contributed by atoms with Crippen LogP contribution < -0.4 is 16.0 Å². The average Bonchev–Trinajstić information content (AvgIpc) is 2.66. The lowest BCUT2D eigenvalue weighted by molar-refractivity contribution is 0.0949. The van der Waals surface area contributed by atoms with Crippen LogP contribution >= 0.6 is 11.6 Å². The lowest BCUT2D eigenvalue weighted by Gasteiger charge is -2.31. The average molecular weight is 409 g/mol. The molecule has 0 bridgehead atoms. The molecule has 156 valence electrons. The maximum atomic E-state index is 12.2. The number of benzene rings is 1. The van der Waals surface area contributed by atoms with E-state index in [1.807, 2.05) is 13.8 Å². The summed E-state index contributed by atoms with van der Waals surface area (Å²) in [5, 5.41) is 8.90. The maximum absolute atomic E-state index is 12.2. The molecule has 1 saturated heterocycles. The van der Waals surface area contributed by atoms with E-state index < -0.39 is 0 Å². The number of nitrogens with one attached hydrogen (secondary N) is 3. The highest BCUT2D eigenvalue weighted by molar-refractivity contribution is 6.34. The Hall–Kier alpha value is -1.79. The summed E-state index contributed by atoms with van der Waals surface area (Å²) in [6.07, 6.45) is 3.42. The normalized spacial score (nSPS) is 15.5. The molecule has 1 heterocycles. The second-order valence-electron chi connectivity index (χ2n) is 7.92. The molecule has 0 radical (unpaired) electrons. The Morgan fingerprint density at radius 1 is 1.21 bits per heavy atom. The summed E-state index contributed by atoms with van der Waals surface area (Å²) < 4.78 is 0. The van der Waals surface area contributed by atoms with Crippen molar-refractivity contribution in [3.05, 3.63) is 28.8 Å². The minimum absolute atomic E-state index is 0.205. The van der Waals surface area contributed by atoms with Crippen LogP contribution in [-0.2, 0) is 0 Å². The van der Waals surface area contributed by atoms with E-state index in [0.717, 1.165) is 32.5 Å². The second-order valence-corrected chi connectivity index (χ2v) is 8.33. The first kappa shape index (κ1) is 22.5. The number of carbonyl (C=O) groups excluding carboxylic acids is 2. The predicted molar refractivity (Wildman–Crippen MR) is 115 cm³/mol. The third-order valence-electron chi connectivity index (χ3n) is 4.94. The van der Waals surface area contributed by atoms with E-state index in [9.17, 15) is 9.59 Å². The van der Waals surface area contributed by atoms with Gasteiger partial charge in [-0.1, -0.05) is 32.4 Å². The number of piperidine rings is 1. The van der Waals surface area contributed by atoms with Gasteiger partial charge in [0.1, 0.15) is 0 Å². The summed E-state index contributed by atoms with van der Waals surface area (Å²) in [5.41, 5.74) is 0.979. The number of nitrogens with zero attached hydrogens (tertiary/aromatic N) is 1. The van der Waals surface area contributed by atoms with Gasteiger partial charge in [0, 0.05) is 18.8 Å². The van der Waals surface area contributed by atoms with Crippen LogP contribution in [0.5, 0.6) is 0 Å². The molecular weight excluding hydrogens is 376 g/mol. The van der Waals surface area contributed by atoms with Gasteiger partial charge in [-0.2, -0.15) is 0 Å². The van der Waals surface area contributed by atoms with Crippen molar-refractivity contribution in [3.8, 4) is 0 Å². The number of carbonyl (C=O) groups is 2. The number of hydrogen-bond donors (Lipinski definition) is 3. The van der Waals surface area contributed by atoms with Gasteiger partial charge in [-0.3, -0.25) is 4.79 Å². The summed E-state index contributed by atoms with van der Waals surface area (Å²) in [5.74, 6) is 0.685. The Kier molecular flexibility index (Phi) is 9.06. The third kappa shape index (κ3) is 7.32. The summed E-state index contributed by atoms with van der Waals surface area (Å²) >= 11 is 6.22. The fourth-order valence-corrected chi connectivity index (χ4v) is 3.58. The minimum atomic E-state index is -0.246. The van der Waals surface area contributed by atoms with Crippen LogP contribution in [0.4, 0.5) is 10.5 Å². The fourth-order valence-electron chi connectivity index (χ4n) is 3.31. The molecule has 1 aromatic carbocycles. The molecule has 6 nitrogen and oxygen atoms in total. The zero-order valence-electron chi connectivity index (χ0n) is 17.2. The van der Waals surface area contributed by atoms with Crippen molar-refractivity contribution < 1.29 is 9.59 Å². The van der Waals surface area contributed by atoms with E-state index >= 15 is 0 Å². The van der Waals surface area contributed by atoms with E-state index in [0.29, 0.717) is 41.2 Å². The first-order chi connectivity index (χ1) is 13.4. The fraction of sp³-hybridized carbons (Fsp3) is 0.619. The minimum Gasteiger partial charge on any atom is -0.352 e. The van der Waals surface area contributed by atoms with Crippen molar-refractivity contribution in [2.75, 3.05) is 38.0 Å². The van der Waals surface area contributed by atoms with Gasteiger partial charge in [-0.25, -0.2) is 4.79 Å². The van der Waals surface area contributed by atoms with E-state index in [1.54, 1.807) is 18.2 Å². The quantitative estimate of drug-likeness (QED) is 0.609. The SMILES string of the molecule is CCCN1CCC(CNC(=O)Nc2ccc(C(=O)NCC(C)C)c(Cl)c2)CC1. The van der Waals surface area contributed by atoms with Gasteiger partial charge >= 0.3 is 6.03 Å². The van der Waals surface area contributed by atoms with Crippen LogP contribution in [0.25, 0.3) is 0 Å². The number of halogens is 1. The van der Waals surface area contributed by atoms with Gasteiger partial charge in [-0.05, 0) is 68.9 Å². The van der Waals surface area contributed by atoms with Gasteiger partial charge in [0.2, 0.25) is 0 Å². The van der Waals surface area contributed by atoms with Gasteiger partial charge in [0.15, 0.2) is 0 Å². The molecule has 28 heavy (non-hydrogen) atoms. The Bertz CT molecular complexity index is 658. The lowest BCUT2D eigenvalue weighted by Crippen LogP contribution is -2.40. The van der Waals surface area contributed by atoms with Gasteiger partial charge in [0.05, 0.1) is 10.6 Å². The van der Waals surface area contributed by atoms with Crippen molar-refractivity contribution in [2.24, 2.45) is 11.8 Å². The summed E-state index contributed by atoms with van der Waals surface area (Å²) in [6, 6.07) is 4.69. The number of anilines is 1. The van der Waals surface area contributed by atoms with E-state index in [2.05, 4.69) is 27.8 Å². The molecule has 1 aliphatic rings. The Morgan fingerprint density at radius 3 is 2.54 bits per heavy atom. The van der Waals surface area contributed by atoms with Crippen molar-refractivity contribution in [3.63, 3.8) is 0 Å². The second kappa shape index (κ2) is 11.3. The standard InChI is InChI=1S/C21H33ClN4O2/c1-4-9-26-10-7-16(8-11-26)14-24-21(28)25-17-5-6-18(19(22)12-17)20(27)23-13-15(2)3/h5-6,12,15-16H,4,7-11,13-14H2,1-3H3,(H,23,27)(H2,24,25,28). The first-order valence-electron chi connectivity index (χ1n) is 10.2. The molecule has 1 aromatic rings. The van der Waals surface area contributed by atoms with Crippen LogP contribution in [0.3, 0.4) is 0 Å². The van der Waals surface area contributed by atoms with Crippen LogP contribution in [0.1, 0.15) is 50.4 Å². The number of rotatable bonds is 8. The Labute approximate surface area is 173 Å². The smallest absolute Gasteiger partial charge is 0.319 e. The molecule has 0 aliphatic carbocycles. The van der Waals surface area contributed by atoms with Crippen molar-refractivity contribution in [2.45, 2.75) is 40.0 Å². The molecule has 0 saturated carbocycles. The summed E-state index contributed by atoms with van der Waals surface area (Å²) in [6.45, 7) is 10.9. The van der Waals surface area contributed by atoms with Gasteiger partial charge in [0.25, 0.3) is 5.91 Å². The highest BCUT2D eigenvalue weighted by Crippen LogP contribution is 2.21. The third-order valence-corrected chi connectivity index (χ3v) is 5.25. The molecule has 1 fully saturated rings. The van der Waals surface area contributed by atoms with Crippen molar-refractivity contribution in [1.82, 2.24) is 15.5 Å². The van der Waals surface area contributed by atoms with E-state index in [-0.39, 0.29) is 11.9 Å².